The molecule has 1 heterocycles. The minimum Gasteiger partial charge on any atom is -0.347 e. The third-order valence-corrected chi connectivity index (χ3v) is 5.57. The van der Waals surface area contributed by atoms with Crippen LogP contribution in [0.5, 0.6) is 0 Å². The molecule has 2 nitrogen and oxygen atoms in total. The summed E-state index contributed by atoms with van der Waals surface area (Å²) in [5, 5.41) is 0.852. The van der Waals surface area contributed by atoms with Gasteiger partial charge in [-0.3, -0.25) is 4.79 Å². The maximum Gasteiger partial charge on any atom is 0.192 e. The van der Waals surface area contributed by atoms with Gasteiger partial charge in [-0.15, -0.1) is 0 Å². The molecule has 0 unspecified atom stereocenters. The first-order chi connectivity index (χ1) is 12.5. The molecule has 0 radical (unpaired) electrons. The normalized spacial score (nSPS) is 11.5. The largest absolute Gasteiger partial charge is 0.347 e. The lowest BCUT2D eigenvalue weighted by Gasteiger charge is -2.19. The van der Waals surface area contributed by atoms with Gasteiger partial charge < -0.3 is 4.57 Å². The summed E-state index contributed by atoms with van der Waals surface area (Å²) in [6.45, 7) is 11.6. The van der Waals surface area contributed by atoms with Crippen molar-refractivity contribution in [2.45, 2.75) is 54.0 Å². The van der Waals surface area contributed by atoms with Crippen molar-refractivity contribution in [2.24, 2.45) is 5.92 Å². The minimum absolute atomic E-state index is 0.149. The zero-order chi connectivity index (χ0) is 18.8. The van der Waals surface area contributed by atoms with Crippen LogP contribution in [0, 0.1) is 26.7 Å². The van der Waals surface area contributed by atoms with Crippen molar-refractivity contribution >= 4 is 10.9 Å². The molecular formula is C24H29NO. The first kappa shape index (κ1) is 18.4. The fourth-order valence-corrected chi connectivity index (χ4v) is 3.89. The zero-order valence-corrected chi connectivity index (χ0v) is 16.6. The highest BCUT2D eigenvalue weighted by Crippen LogP contribution is 2.30. The molecule has 0 spiro atoms. The molecule has 0 amide bonds. The molecule has 0 bridgehead atoms. The van der Waals surface area contributed by atoms with E-state index >= 15 is 0 Å². The van der Waals surface area contributed by atoms with Gasteiger partial charge in [0, 0.05) is 18.3 Å². The molecule has 0 atom stereocenters. The molecule has 0 aliphatic rings. The first-order valence-corrected chi connectivity index (χ1v) is 9.66. The standard InChI is InChI=1S/C24H29NO/c1-6-19(7-2)15-25-14-18(5)24(26)23-21(9-8-10-22(23)25)20-12-11-16(3)13-17(20)4/h8-14,19H,6-7,15H2,1-5H3. The molecule has 136 valence electrons. The van der Waals surface area contributed by atoms with Crippen LogP contribution in [0.15, 0.2) is 47.4 Å². The monoisotopic (exact) mass is 347 g/mol. The van der Waals surface area contributed by atoms with E-state index in [9.17, 15) is 4.79 Å². The van der Waals surface area contributed by atoms with Crippen LogP contribution in [-0.2, 0) is 6.54 Å². The van der Waals surface area contributed by atoms with E-state index in [1.54, 1.807) is 0 Å². The molecule has 0 saturated carbocycles. The Morgan fingerprint density at radius 1 is 0.923 bits per heavy atom. The molecule has 1 aromatic heterocycles. The lowest BCUT2D eigenvalue weighted by Crippen LogP contribution is -2.16. The van der Waals surface area contributed by atoms with Gasteiger partial charge in [0.15, 0.2) is 5.43 Å². The number of hydrogen-bond acceptors (Lipinski definition) is 1. The van der Waals surface area contributed by atoms with E-state index in [0.717, 1.165) is 47.0 Å². The van der Waals surface area contributed by atoms with Crippen molar-refractivity contribution in [2.75, 3.05) is 0 Å². The van der Waals surface area contributed by atoms with E-state index in [0.29, 0.717) is 5.92 Å². The Hall–Kier alpha value is -2.35. The van der Waals surface area contributed by atoms with E-state index in [4.69, 9.17) is 0 Å². The third kappa shape index (κ3) is 3.33. The maximum absolute atomic E-state index is 13.1. The number of benzene rings is 2. The van der Waals surface area contributed by atoms with Crippen LogP contribution in [0.4, 0.5) is 0 Å². The predicted molar refractivity (Wildman–Crippen MR) is 112 cm³/mol. The van der Waals surface area contributed by atoms with Crippen LogP contribution in [0.1, 0.15) is 43.4 Å². The van der Waals surface area contributed by atoms with Crippen LogP contribution >= 0.6 is 0 Å². The van der Waals surface area contributed by atoms with Crippen LogP contribution in [0.3, 0.4) is 0 Å². The van der Waals surface area contributed by atoms with Crippen molar-refractivity contribution in [1.82, 2.24) is 4.57 Å². The maximum atomic E-state index is 13.1. The number of aromatic nitrogens is 1. The topological polar surface area (TPSA) is 22.0 Å². The number of fused-ring (bicyclic) bond motifs is 1. The SMILES string of the molecule is CCC(CC)Cn1cc(C)c(=O)c2c(-c3ccc(C)cc3C)cccc21. The summed E-state index contributed by atoms with van der Waals surface area (Å²) >= 11 is 0. The van der Waals surface area contributed by atoms with Crippen LogP contribution in [0.25, 0.3) is 22.0 Å². The van der Waals surface area contributed by atoms with Crippen molar-refractivity contribution in [3.05, 3.63) is 69.5 Å². The Kier molecular flexibility index (Phi) is 5.31. The van der Waals surface area contributed by atoms with Gasteiger partial charge in [0.25, 0.3) is 0 Å². The lowest BCUT2D eigenvalue weighted by atomic mass is 9.94. The Morgan fingerprint density at radius 2 is 1.65 bits per heavy atom. The molecular weight excluding hydrogens is 318 g/mol. The van der Waals surface area contributed by atoms with Crippen LogP contribution in [-0.4, -0.2) is 4.57 Å². The zero-order valence-electron chi connectivity index (χ0n) is 16.6. The number of aryl methyl sites for hydroxylation is 3. The number of hydrogen-bond donors (Lipinski definition) is 0. The summed E-state index contributed by atoms with van der Waals surface area (Å²) in [5.41, 5.74) is 6.67. The van der Waals surface area contributed by atoms with Crippen LogP contribution in [0.2, 0.25) is 0 Å². The number of rotatable bonds is 5. The highest BCUT2D eigenvalue weighted by Gasteiger charge is 2.15. The first-order valence-electron chi connectivity index (χ1n) is 9.66. The Labute approximate surface area is 156 Å². The van der Waals surface area contributed by atoms with Crippen molar-refractivity contribution < 1.29 is 0 Å². The van der Waals surface area contributed by atoms with Gasteiger partial charge in [-0.1, -0.05) is 62.6 Å². The molecule has 0 aliphatic carbocycles. The molecule has 3 aromatic rings. The average molecular weight is 348 g/mol. The van der Waals surface area contributed by atoms with Gasteiger partial charge >= 0.3 is 0 Å². The molecule has 3 rings (SSSR count). The van der Waals surface area contributed by atoms with E-state index in [1.807, 2.05) is 13.1 Å². The summed E-state index contributed by atoms with van der Waals surface area (Å²) in [5.74, 6) is 0.630. The van der Waals surface area contributed by atoms with Gasteiger partial charge in [0.1, 0.15) is 0 Å². The second-order valence-electron chi connectivity index (χ2n) is 7.49. The average Bonchev–Trinajstić information content (AvgIpc) is 2.63. The number of pyridine rings is 1. The highest BCUT2D eigenvalue weighted by atomic mass is 16.1. The van der Waals surface area contributed by atoms with E-state index in [2.05, 4.69) is 68.7 Å². The van der Waals surface area contributed by atoms with E-state index in [-0.39, 0.29) is 5.43 Å². The fourth-order valence-electron chi connectivity index (χ4n) is 3.89. The predicted octanol–water partition coefficient (Wildman–Crippen LogP) is 6.03. The Balaban J connectivity index is 2.30. The number of nitrogens with zero attached hydrogens (tertiary/aromatic N) is 1. The minimum atomic E-state index is 0.149. The second kappa shape index (κ2) is 7.49. The van der Waals surface area contributed by atoms with E-state index in [1.165, 1.54) is 11.1 Å². The molecule has 0 N–H and O–H groups in total. The lowest BCUT2D eigenvalue weighted by molar-refractivity contribution is 0.423. The highest BCUT2D eigenvalue weighted by molar-refractivity contribution is 5.95. The van der Waals surface area contributed by atoms with Crippen LogP contribution < -0.4 is 5.43 Å². The van der Waals surface area contributed by atoms with Crippen molar-refractivity contribution in [3.63, 3.8) is 0 Å². The summed E-state index contributed by atoms with van der Waals surface area (Å²) in [4.78, 5) is 13.1. The van der Waals surface area contributed by atoms with Gasteiger partial charge in [-0.25, -0.2) is 0 Å². The third-order valence-electron chi connectivity index (χ3n) is 5.57. The smallest absolute Gasteiger partial charge is 0.192 e. The fraction of sp³-hybridized carbons (Fsp3) is 0.375. The van der Waals surface area contributed by atoms with Gasteiger partial charge in [0.05, 0.1) is 10.9 Å². The Morgan fingerprint density at radius 3 is 2.31 bits per heavy atom. The molecule has 26 heavy (non-hydrogen) atoms. The van der Waals surface area contributed by atoms with E-state index < -0.39 is 0 Å². The molecule has 2 aromatic carbocycles. The summed E-state index contributed by atoms with van der Waals surface area (Å²) in [6.07, 6.45) is 4.34. The molecule has 0 fully saturated rings. The summed E-state index contributed by atoms with van der Waals surface area (Å²) < 4.78 is 2.29. The summed E-state index contributed by atoms with van der Waals surface area (Å²) in [6, 6.07) is 12.7. The molecule has 2 heteroatoms. The molecule has 0 aliphatic heterocycles. The van der Waals surface area contributed by atoms with Gasteiger partial charge in [-0.05, 0) is 49.4 Å². The van der Waals surface area contributed by atoms with Gasteiger partial charge in [-0.2, -0.15) is 0 Å². The quantitative estimate of drug-likeness (QED) is 0.552. The Bertz CT molecular complexity index is 993. The molecule has 0 saturated heterocycles. The van der Waals surface area contributed by atoms with Gasteiger partial charge in [0.2, 0.25) is 0 Å². The van der Waals surface area contributed by atoms with Crippen molar-refractivity contribution in [1.29, 1.82) is 0 Å². The van der Waals surface area contributed by atoms with Crippen molar-refractivity contribution in [3.8, 4) is 11.1 Å². The second-order valence-corrected chi connectivity index (χ2v) is 7.49. The summed E-state index contributed by atoms with van der Waals surface area (Å²) in [7, 11) is 0.